The lowest BCUT2D eigenvalue weighted by Crippen LogP contribution is -1.82. The number of hydrogen-bond acceptors (Lipinski definition) is 1. The summed E-state index contributed by atoms with van der Waals surface area (Å²) >= 11 is 0. The molecular formula is C16H28O. The van der Waals surface area contributed by atoms with E-state index in [-0.39, 0.29) is 0 Å². The molecule has 0 saturated carbocycles. The third-order valence-electron chi connectivity index (χ3n) is 2.96. The van der Waals surface area contributed by atoms with Gasteiger partial charge in [-0.3, -0.25) is 0 Å². The maximum atomic E-state index is 10.1. The lowest BCUT2D eigenvalue weighted by molar-refractivity contribution is -0.107. The molecule has 0 rings (SSSR count). The molecular weight excluding hydrogens is 208 g/mol. The first-order valence-electron chi connectivity index (χ1n) is 7.13. The quantitative estimate of drug-likeness (QED) is 0.243. The Morgan fingerprint density at radius 1 is 0.706 bits per heavy atom. The number of carbonyl (C=O) groups excluding carboxylic acids is 1. The number of rotatable bonds is 13. The summed E-state index contributed by atoms with van der Waals surface area (Å²) < 4.78 is 0. The third kappa shape index (κ3) is 15.1. The van der Waals surface area contributed by atoms with Gasteiger partial charge in [-0.1, -0.05) is 69.8 Å². The van der Waals surface area contributed by atoms with E-state index < -0.39 is 0 Å². The van der Waals surface area contributed by atoms with Crippen molar-refractivity contribution < 1.29 is 4.79 Å². The number of carbonyl (C=O) groups is 1. The van der Waals surface area contributed by atoms with E-state index >= 15 is 0 Å². The van der Waals surface area contributed by atoms with Crippen molar-refractivity contribution in [1.29, 1.82) is 0 Å². The summed E-state index contributed by atoms with van der Waals surface area (Å²) in [4.78, 5) is 10.1. The maximum Gasteiger partial charge on any atom is 0.119 e. The Labute approximate surface area is 107 Å². The molecule has 0 aliphatic carbocycles. The first kappa shape index (κ1) is 16.1. The van der Waals surface area contributed by atoms with Crippen molar-refractivity contribution in [2.24, 2.45) is 0 Å². The van der Waals surface area contributed by atoms with Gasteiger partial charge in [-0.15, -0.1) is 0 Å². The van der Waals surface area contributed by atoms with Crippen LogP contribution in [-0.4, -0.2) is 6.29 Å². The summed E-state index contributed by atoms with van der Waals surface area (Å²) in [6, 6.07) is 0. The molecule has 0 radical (unpaired) electrons. The normalized spacial score (nSPS) is 10.8. The molecule has 0 aliphatic rings. The van der Waals surface area contributed by atoms with Gasteiger partial charge in [0.05, 0.1) is 0 Å². The van der Waals surface area contributed by atoms with E-state index in [1.165, 1.54) is 57.8 Å². The SMILES string of the molecule is C=C/C=C\CCCCCCCCCCCC=O. The zero-order valence-corrected chi connectivity index (χ0v) is 11.2. The second kappa shape index (κ2) is 15.1. The van der Waals surface area contributed by atoms with E-state index in [1.54, 1.807) is 0 Å². The molecule has 0 bridgehead atoms. The van der Waals surface area contributed by atoms with Crippen LogP contribution in [-0.2, 0) is 4.79 Å². The van der Waals surface area contributed by atoms with Crippen molar-refractivity contribution in [1.82, 2.24) is 0 Å². The number of hydrogen-bond donors (Lipinski definition) is 0. The van der Waals surface area contributed by atoms with Crippen molar-refractivity contribution >= 4 is 6.29 Å². The van der Waals surface area contributed by atoms with Gasteiger partial charge in [0, 0.05) is 6.42 Å². The Hall–Kier alpha value is -0.850. The van der Waals surface area contributed by atoms with Crippen molar-refractivity contribution in [2.75, 3.05) is 0 Å². The Morgan fingerprint density at radius 2 is 1.18 bits per heavy atom. The molecule has 0 atom stereocenters. The average molecular weight is 236 g/mol. The highest BCUT2D eigenvalue weighted by Gasteiger charge is 1.92. The third-order valence-corrected chi connectivity index (χ3v) is 2.96. The summed E-state index contributed by atoms with van der Waals surface area (Å²) in [5.41, 5.74) is 0. The molecule has 0 aromatic rings. The van der Waals surface area contributed by atoms with Gasteiger partial charge >= 0.3 is 0 Å². The van der Waals surface area contributed by atoms with E-state index in [2.05, 4.69) is 12.7 Å². The van der Waals surface area contributed by atoms with Gasteiger partial charge in [-0.05, 0) is 19.3 Å². The second-order valence-electron chi connectivity index (χ2n) is 4.59. The minimum absolute atomic E-state index is 0.748. The topological polar surface area (TPSA) is 17.1 Å². The number of allylic oxidation sites excluding steroid dienone is 3. The van der Waals surface area contributed by atoms with E-state index in [9.17, 15) is 4.79 Å². The van der Waals surface area contributed by atoms with Gasteiger partial charge in [0.1, 0.15) is 6.29 Å². The minimum atomic E-state index is 0.748. The first-order chi connectivity index (χ1) is 8.41. The van der Waals surface area contributed by atoms with Crippen LogP contribution in [0, 0.1) is 0 Å². The molecule has 0 aliphatic heterocycles. The fourth-order valence-corrected chi connectivity index (χ4v) is 1.92. The van der Waals surface area contributed by atoms with Crippen LogP contribution in [0.2, 0.25) is 0 Å². The summed E-state index contributed by atoms with van der Waals surface area (Å²) in [6.45, 7) is 3.65. The Kier molecular flexibility index (Phi) is 14.4. The zero-order chi connectivity index (χ0) is 12.6. The second-order valence-corrected chi connectivity index (χ2v) is 4.59. The Bertz CT molecular complexity index is 194. The van der Waals surface area contributed by atoms with Crippen LogP contribution in [0.15, 0.2) is 24.8 Å². The standard InChI is InChI=1S/C16H28O/c1-2-3-4-5-6-7-8-9-10-11-12-13-14-15-16-17/h2-4,16H,1,5-15H2/b4-3-. The number of unbranched alkanes of at least 4 members (excludes halogenated alkanes) is 10. The largest absolute Gasteiger partial charge is 0.303 e. The van der Waals surface area contributed by atoms with Crippen LogP contribution in [0.5, 0.6) is 0 Å². The molecule has 0 amide bonds. The van der Waals surface area contributed by atoms with E-state index in [0.717, 1.165) is 19.1 Å². The Balaban J connectivity index is 2.96. The van der Waals surface area contributed by atoms with Crippen LogP contribution in [0.1, 0.15) is 70.6 Å². The summed E-state index contributed by atoms with van der Waals surface area (Å²) in [5, 5.41) is 0. The molecule has 0 aromatic heterocycles. The molecule has 1 nitrogen and oxygen atoms in total. The lowest BCUT2D eigenvalue weighted by atomic mass is 10.1. The van der Waals surface area contributed by atoms with Crippen LogP contribution in [0.25, 0.3) is 0 Å². The molecule has 0 heterocycles. The highest BCUT2D eigenvalue weighted by molar-refractivity contribution is 5.48. The van der Waals surface area contributed by atoms with Crippen LogP contribution in [0.3, 0.4) is 0 Å². The number of aldehydes is 1. The van der Waals surface area contributed by atoms with Crippen LogP contribution in [0.4, 0.5) is 0 Å². The minimum Gasteiger partial charge on any atom is -0.303 e. The van der Waals surface area contributed by atoms with E-state index in [4.69, 9.17) is 0 Å². The van der Waals surface area contributed by atoms with Crippen LogP contribution >= 0.6 is 0 Å². The van der Waals surface area contributed by atoms with Gasteiger partial charge < -0.3 is 4.79 Å². The summed E-state index contributed by atoms with van der Waals surface area (Å²) in [7, 11) is 0. The monoisotopic (exact) mass is 236 g/mol. The molecule has 17 heavy (non-hydrogen) atoms. The van der Waals surface area contributed by atoms with Gasteiger partial charge in [-0.25, -0.2) is 0 Å². The van der Waals surface area contributed by atoms with Gasteiger partial charge in [0.25, 0.3) is 0 Å². The van der Waals surface area contributed by atoms with Crippen LogP contribution < -0.4 is 0 Å². The molecule has 0 fully saturated rings. The molecule has 0 aromatic carbocycles. The van der Waals surface area contributed by atoms with Crippen molar-refractivity contribution in [2.45, 2.75) is 70.6 Å². The molecule has 0 unspecified atom stereocenters. The zero-order valence-electron chi connectivity index (χ0n) is 11.2. The molecule has 0 N–H and O–H groups in total. The first-order valence-corrected chi connectivity index (χ1v) is 7.13. The predicted octanol–water partition coefficient (Wildman–Crippen LogP) is 5.22. The highest BCUT2D eigenvalue weighted by Crippen LogP contribution is 2.11. The molecule has 98 valence electrons. The van der Waals surface area contributed by atoms with Crippen molar-refractivity contribution in [3.05, 3.63) is 24.8 Å². The van der Waals surface area contributed by atoms with E-state index in [1.807, 2.05) is 12.2 Å². The van der Waals surface area contributed by atoms with Gasteiger partial charge in [0.2, 0.25) is 0 Å². The summed E-state index contributed by atoms with van der Waals surface area (Å²) in [6.07, 6.45) is 20.8. The highest BCUT2D eigenvalue weighted by atomic mass is 16.1. The van der Waals surface area contributed by atoms with Crippen molar-refractivity contribution in [3.8, 4) is 0 Å². The molecule has 1 heteroatoms. The van der Waals surface area contributed by atoms with Crippen molar-refractivity contribution in [3.63, 3.8) is 0 Å². The smallest absolute Gasteiger partial charge is 0.119 e. The van der Waals surface area contributed by atoms with Gasteiger partial charge in [0.15, 0.2) is 0 Å². The maximum absolute atomic E-state index is 10.1. The fraction of sp³-hybridized carbons (Fsp3) is 0.688. The predicted molar refractivity (Wildman–Crippen MR) is 76.2 cm³/mol. The molecule has 0 saturated heterocycles. The fourth-order valence-electron chi connectivity index (χ4n) is 1.92. The average Bonchev–Trinajstić information content (AvgIpc) is 2.35. The lowest BCUT2D eigenvalue weighted by Gasteiger charge is -2.00. The Morgan fingerprint density at radius 3 is 1.65 bits per heavy atom. The molecule has 0 spiro atoms. The van der Waals surface area contributed by atoms with E-state index in [0.29, 0.717) is 0 Å². The van der Waals surface area contributed by atoms with Gasteiger partial charge in [-0.2, -0.15) is 0 Å². The summed E-state index contributed by atoms with van der Waals surface area (Å²) in [5.74, 6) is 0.